The van der Waals surface area contributed by atoms with E-state index in [0.717, 1.165) is 34.6 Å². The highest BCUT2D eigenvalue weighted by Gasteiger charge is 2.25. The number of hydrogen-bond acceptors (Lipinski definition) is 11. The summed E-state index contributed by atoms with van der Waals surface area (Å²) in [5.74, 6) is 1.70. The van der Waals surface area contributed by atoms with Crippen molar-refractivity contribution in [1.29, 1.82) is 0 Å². The van der Waals surface area contributed by atoms with E-state index in [2.05, 4.69) is 30.2 Å². The first-order valence-corrected chi connectivity index (χ1v) is 14.4. The fraction of sp³-hybridized carbons (Fsp3) is 0.310. The van der Waals surface area contributed by atoms with Crippen LogP contribution in [0.2, 0.25) is 0 Å². The molecule has 0 aliphatic carbocycles. The highest BCUT2D eigenvalue weighted by molar-refractivity contribution is 7.17. The van der Waals surface area contributed by atoms with Crippen LogP contribution in [0, 0.1) is 6.92 Å². The van der Waals surface area contributed by atoms with Crippen molar-refractivity contribution in [3.63, 3.8) is 0 Å². The molecule has 5 aromatic rings. The Bertz CT molecular complexity index is 1750. The number of nitrogens with one attached hydrogen (secondary N) is 1. The van der Waals surface area contributed by atoms with Gasteiger partial charge in [-0.1, -0.05) is 12.1 Å². The molecule has 2 saturated heterocycles. The first-order valence-electron chi connectivity index (χ1n) is 13.5. The molecule has 0 bridgehead atoms. The highest BCUT2D eigenvalue weighted by Crippen LogP contribution is 2.35. The Kier molecular flexibility index (Phi) is 6.75. The van der Waals surface area contributed by atoms with Crippen molar-refractivity contribution in [1.82, 2.24) is 24.6 Å². The van der Waals surface area contributed by atoms with Crippen LogP contribution >= 0.6 is 11.3 Å². The number of rotatable bonds is 7. The maximum absolute atomic E-state index is 12.8. The maximum Gasteiger partial charge on any atom is 0.229 e. The molecule has 11 nitrogen and oxygen atoms in total. The maximum atomic E-state index is 12.8. The van der Waals surface area contributed by atoms with Gasteiger partial charge in [0.25, 0.3) is 0 Å². The number of fused-ring (bicyclic) bond motifs is 1. The Hall–Kier alpha value is -4.10. The summed E-state index contributed by atoms with van der Waals surface area (Å²) in [5.41, 5.74) is 5.29. The van der Waals surface area contributed by atoms with Gasteiger partial charge in [-0.05, 0) is 24.6 Å². The summed E-state index contributed by atoms with van der Waals surface area (Å²) in [5, 5.41) is 19.4. The number of benzene rings is 1. The van der Waals surface area contributed by atoms with Crippen LogP contribution in [0.4, 0.5) is 17.5 Å². The molecule has 0 radical (unpaired) electrons. The summed E-state index contributed by atoms with van der Waals surface area (Å²) >= 11 is 1.40. The number of ether oxygens (including phenoxy) is 1. The minimum Gasteiger partial charge on any atom is -0.439 e. The molecule has 6 heterocycles. The van der Waals surface area contributed by atoms with Crippen LogP contribution in [0.15, 0.2) is 63.4 Å². The van der Waals surface area contributed by atoms with Gasteiger partial charge in [0.2, 0.25) is 11.4 Å². The Morgan fingerprint density at radius 1 is 1.15 bits per heavy atom. The number of nitrogens with zero attached hydrogens (tertiary/aromatic N) is 6. The van der Waals surface area contributed by atoms with E-state index in [0.29, 0.717) is 67.3 Å². The number of aliphatic hydroxyl groups excluding tert-OH is 1. The first kappa shape index (κ1) is 25.8. The molecule has 41 heavy (non-hydrogen) atoms. The number of anilines is 3. The molecule has 2 N–H and O–H groups in total. The van der Waals surface area contributed by atoms with Gasteiger partial charge in [0, 0.05) is 79.4 Å². The molecule has 12 heteroatoms. The predicted octanol–water partition coefficient (Wildman–Crippen LogP) is 3.56. The zero-order valence-electron chi connectivity index (χ0n) is 22.5. The van der Waals surface area contributed by atoms with Crippen LogP contribution in [-0.4, -0.2) is 75.3 Å². The Balaban J connectivity index is 1.09. The fourth-order valence-electron chi connectivity index (χ4n) is 5.15. The van der Waals surface area contributed by atoms with E-state index in [1.807, 2.05) is 48.8 Å². The molecule has 0 amide bonds. The van der Waals surface area contributed by atoms with Crippen LogP contribution < -0.4 is 15.6 Å². The van der Waals surface area contributed by atoms with E-state index >= 15 is 0 Å². The number of thiophene rings is 1. The SMILES string of the molecule is Cc1nn(-c2ccnc(Nc3ccc(-c4csc5c(=O)cc(N6CCOCC6)oc45)cc3)n2)cc1CN1CC(O)C1. The number of morpholine rings is 1. The zero-order valence-corrected chi connectivity index (χ0v) is 23.3. The molecule has 2 fully saturated rings. The summed E-state index contributed by atoms with van der Waals surface area (Å²) in [6.07, 6.45) is 3.45. The summed E-state index contributed by atoms with van der Waals surface area (Å²) < 4.78 is 14.1. The van der Waals surface area contributed by atoms with E-state index in [1.54, 1.807) is 16.9 Å². The third-order valence-corrected chi connectivity index (χ3v) is 8.39. The van der Waals surface area contributed by atoms with Crippen molar-refractivity contribution in [2.24, 2.45) is 0 Å². The van der Waals surface area contributed by atoms with Crippen molar-refractivity contribution in [2.75, 3.05) is 49.6 Å². The summed E-state index contributed by atoms with van der Waals surface area (Å²) in [4.78, 5) is 26.1. The van der Waals surface area contributed by atoms with Gasteiger partial charge in [-0.25, -0.2) is 9.67 Å². The minimum atomic E-state index is -0.228. The van der Waals surface area contributed by atoms with Gasteiger partial charge in [-0.15, -0.1) is 11.3 Å². The average Bonchev–Trinajstić information content (AvgIpc) is 3.57. The van der Waals surface area contributed by atoms with Crippen molar-refractivity contribution in [3.05, 3.63) is 75.7 Å². The monoisotopic (exact) mass is 571 g/mol. The molecule has 2 aliphatic rings. The molecule has 0 spiro atoms. The molecular weight excluding hydrogens is 542 g/mol. The normalized spacial score (nSPS) is 16.3. The van der Waals surface area contributed by atoms with E-state index in [1.165, 1.54) is 11.3 Å². The second-order valence-electron chi connectivity index (χ2n) is 10.3. The zero-order chi connectivity index (χ0) is 27.9. The molecule has 1 aromatic carbocycles. The van der Waals surface area contributed by atoms with Crippen molar-refractivity contribution < 1.29 is 14.3 Å². The van der Waals surface area contributed by atoms with Crippen LogP contribution in [0.1, 0.15) is 11.3 Å². The summed E-state index contributed by atoms with van der Waals surface area (Å²) in [6, 6.07) is 11.3. The lowest BCUT2D eigenvalue weighted by molar-refractivity contribution is -0.00297. The molecule has 2 aliphatic heterocycles. The lowest BCUT2D eigenvalue weighted by Gasteiger charge is -2.35. The van der Waals surface area contributed by atoms with Crippen LogP contribution in [0.3, 0.4) is 0 Å². The molecule has 210 valence electrons. The lowest BCUT2D eigenvalue weighted by atomic mass is 10.1. The minimum absolute atomic E-state index is 0.0295. The standard InChI is InChI=1S/C29H29N7O4S/c1-18-20(13-34-15-22(37)16-34)14-36(33-18)25-6-7-30-29(32-25)31-21-4-2-19(3-5-21)23-17-41-28-24(38)12-26(40-27(23)28)35-8-10-39-11-9-35/h2-7,12,14,17,22,37H,8-11,13,15-16H2,1H3,(H,30,31,32). The van der Waals surface area contributed by atoms with Gasteiger partial charge in [-0.2, -0.15) is 10.1 Å². The van der Waals surface area contributed by atoms with Gasteiger partial charge in [0.15, 0.2) is 17.3 Å². The molecule has 7 rings (SSSR count). The molecule has 0 unspecified atom stereocenters. The Morgan fingerprint density at radius 3 is 2.73 bits per heavy atom. The quantitative estimate of drug-likeness (QED) is 0.300. The first-order chi connectivity index (χ1) is 20.0. The second kappa shape index (κ2) is 10.7. The van der Waals surface area contributed by atoms with Crippen molar-refractivity contribution in [2.45, 2.75) is 19.6 Å². The highest BCUT2D eigenvalue weighted by atomic mass is 32.1. The number of aliphatic hydroxyl groups is 1. The molecule has 0 saturated carbocycles. The molecule has 0 atom stereocenters. The third kappa shape index (κ3) is 5.22. The second-order valence-corrected chi connectivity index (χ2v) is 11.2. The van der Waals surface area contributed by atoms with Gasteiger partial charge in [-0.3, -0.25) is 9.69 Å². The Labute approximate surface area is 239 Å². The van der Waals surface area contributed by atoms with Gasteiger partial charge in [0.05, 0.1) is 25.0 Å². The summed E-state index contributed by atoms with van der Waals surface area (Å²) in [7, 11) is 0. The number of aryl methyl sites for hydroxylation is 1. The number of aromatic nitrogens is 4. The van der Waals surface area contributed by atoms with Gasteiger partial charge >= 0.3 is 0 Å². The van der Waals surface area contributed by atoms with Crippen LogP contribution in [-0.2, 0) is 11.3 Å². The van der Waals surface area contributed by atoms with Gasteiger partial charge in [0.1, 0.15) is 4.70 Å². The number of β-amino-alcohol motifs (C(OH)–C–C–N with tert-alkyl or cyclic N) is 1. The lowest BCUT2D eigenvalue weighted by Crippen LogP contribution is -2.49. The van der Waals surface area contributed by atoms with E-state index < -0.39 is 0 Å². The van der Waals surface area contributed by atoms with E-state index in [9.17, 15) is 9.90 Å². The van der Waals surface area contributed by atoms with Crippen LogP contribution in [0.5, 0.6) is 0 Å². The van der Waals surface area contributed by atoms with Crippen molar-refractivity contribution in [3.8, 4) is 16.9 Å². The smallest absolute Gasteiger partial charge is 0.229 e. The third-order valence-electron chi connectivity index (χ3n) is 7.41. The molecular formula is C29H29N7O4S. The molecule has 4 aromatic heterocycles. The fourth-order valence-corrected chi connectivity index (χ4v) is 6.06. The topological polar surface area (TPSA) is 122 Å². The van der Waals surface area contributed by atoms with E-state index in [-0.39, 0.29) is 11.5 Å². The van der Waals surface area contributed by atoms with Crippen molar-refractivity contribution >= 4 is 39.1 Å². The summed E-state index contributed by atoms with van der Waals surface area (Å²) in [6.45, 7) is 6.75. The van der Waals surface area contributed by atoms with Gasteiger partial charge < -0.3 is 24.5 Å². The van der Waals surface area contributed by atoms with Crippen LogP contribution in [0.25, 0.3) is 27.2 Å². The Morgan fingerprint density at radius 2 is 1.95 bits per heavy atom. The number of hydrogen-bond donors (Lipinski definition) is 2. The average molecular weight is 572 g/mol. The van der Waals surface area contributed by atoms with E-state index in [4.69, 9.17) is 9.15 Å². The number of likely N-dealkylation sites (tertiary alicyclic amines) is 1. The predicted molar refractivity (Wildman–Crippen MR) is 157 cm³/mol. The largest absolute Gasteiger partial charge is 0.439 e.